The molecule has 0 saturated carbocycles. The Bertz CT molecular complexity index is 494. The minimum absolute atomic E-state index is 0.834. The molecule has 0 N–H and O–H groups in total. The van der Waals surface area contributed by atoms with Crippen LogP contribution in [-0.2, 0) is 0 Å². The third-order valence-corrected chi connectivity index (χ3v) is 3.17. The molecule has 4 nitrogen and oxygen atoms in total. The van der Waals surface area contributed by atoms with Gasteiger partial charge in [-0.2, -0.15) is 0 Å². The van der Waals surface area contributed by atoms with E-state index in [9.17, 15) is 0 Å². The largest absolute Gasteiger partial charge is 0.357 e. The van der Waals surface area contributed by atoms with Crippen LogP contribution in [0, 0.1) is 0 Å². The van der Waals surface area contributed by atoms with E-state index in [2.05, 4.69) is 44.8 Å². The summed E-state index contributed by atoms with van der Waals surface area (Å²) < 4.78 is 2.82. The van der Waals surface area contributed by atoms with Crippen molar-refractivity contribution in [3.05, 3.63) is 23.2 Å². The van der Waals surface area contributed by atoms with Gasteiger partial charge >= 0.3 is 0 Å². The molecule has 0 aliphatic carbocycles. The average molecular weight is 297 g/mol. The summed E-state index contributed by atoms with van der Waals surface area (Å²) in [5, 5.41) is 0. The van der Waals surface area contributed by atoms with Gasteiger partial charge in [-0.05, 0) is 22.4 Å². The van der Waals surface area contributed by atoms with E-state index in [0.717, 1.165) is 22.6 Å². The highest BCUT2D eigenvalue weighted by molar-refractivity contribution is 9.10. The summed E-state index contributed by atoms with van der Waals surface area (Å²) in [7, 11) is 2.07. The molecule has 2 aromatic rings. The van der Waals surface area contributed by atoms with Gasteiger partial charge in [0.25, 0.3) is 0 Å². The van der Waals surface area contributed by atoms with Crippen LogP contribution in [0.25, 0.3) is 5.65 Å². The Hall–Kier alpha value is -1.10. The van der Waals surface area contributed by atoms with Gasteiger partial charge in [-0.3, -0.25) is 0 Å². The maximum atomic E-state index is 4.51. The molecule has 2 rings (SSSR count). The summed E-state index contributed by atoms with van der Waals surface area (Å²) in [6.07, 6.45) is 9.33. The minimum atomic E-state index is 0.834. The lowest BCUT2D eigenvalue weighted by Gasteiger charge is -2.18. The maximum absolute atomic E-state index is 4.51. The first-order valence-electron chi connectivity index (χ1n) is 5.92. The molecule has 0 unspecified atom stereocenters. The molecule has 0 atom stereocenters. The topological polar surface area (TPSA) is 33.4 Å². The number of fused-ring (bicyclic) bond motifs is 1. The Morgan fingerprint density at radius 1 is 1.41 bits per heavy atom. The SMILES string of the molecule is CCCCCN(C)c1nc(Br)cn2ccnc12. The molecule has 0 fully saturated rings. The molecule has 2 heterocycles. The normalized spacial score (nSPS) is 11.0. The van der Waals surface area contributed by atoms with Gasteiger partial charge in [0.05, 0.1) is 0 Å². The van der Waals surface area contributed by atoms with Gasteiger partial charge in [-0.1, -0.05) is 19.8 Å². The summed E-state index contributed by atoms with van der Waals surface area (Å²) in [6, 6.07) is 0. The number of hydrogen-bond acceptors (Lipinski definition) is 3. The van der Waals surface area contributed by atoms with Gasteiger partial charge in [0, 0.05) is 32.2 Å². The highest BCUT2D eigenvalue weighted by Gasteiger charge is 2.10. The Labute approximate surface area is 110 Å². The fourth-order valence-corrected chi connectivity index (χ4v) is 2.23. The molecule has 0 bridgehead atoms. The molecular weight excluding hydrogens is 280 g/mol. The van der Waals surface area contributed by atoms with Gasteiger partial charge in [0.1, 0.15) is 4.60 Å². The van der Waals surface area contributed by atoms with E-state index >= 15 is 0 Å². The molecular formula is C12H17BrN4. The number of imidazole rings is 1. The van der Waals surface area contributed by atoms with Crippen LogP contribution in [0.5, 0.6) is 0 Å². The van der Waals surface area contributed by atoms with E-state index < -0.39 is 0 Å². The van der Waals surface area contributed by atoms with Crippen molar-refractivity contribution in [2.75, 3.05) is 18.5 Å². The van der Waals surface area contributed by atoms with E-state index in [1.54, 1.807) is 6.20 Å². The molecule has 0 spiro atoms. The van der Waals surface area contributed by atoms with Gasteiger partial charge in [-0.25, -0.2) is 9.97 Å². The van der Waals surface area contributed by atoms with Crippen LogP contribution in [-0.4, -0.2) is 28.0 Å². The van der Waals surface area contributed by atoms with E-state index in [4.69, 9.17) is 0 Å². The fourth-order valence-electron chi connectivity index (χ4n) is 1.85. The summed E-state index contributed by atoms with van der Waals surface area (Å²) in [5.41, 5.74) is 0.909. The Morgan fingerprint density at radius 2 is 2.24 bits per heavy atom. The molecule has 0 aliphatic heterocycles. The van der Waals surface area contributed by atoms with Crippen LogP contribution in [0.4, 0.5) is 5.82 Å². The number of halogens is 1. The lowest BCUT2D eigenvalue weighted by atomic mass is 10.2. The minimum Gasteiger partial charge on any atom is -0.357 e. The second-order valence-electron chi connectivity index (χ2n) is 4.17. The van der Waals surface area contributed by atoms with Crippen molar-refractivity contribution in [1.29, 1.82) is 0 Å². The van der Waals surface area contributed by atoms with Crippen molar-refractivity contribution in [2.24, 2.45) is 0 Å². The standard InChI is InChI=1S/C12H17BrN4/c1-3-4-5-7-16(2)12-11-14-6-8-17(11)9-10(13)15-12/h6,8-9H,3-5,7H2,1-2H3. The number of aromatic nitrogens is 3. The molecule has 2 aromatic heterocycles. The molecule has 92 valence electrons. The van der Waals surface area contributed by atoms with E-state index in [0.29, 0.717) is 0 Å². The molecule has 5 heteroatoms. The lowest BCUT2D eigenvalue weighted by molar-refractivity contribution is 0.701. The number of nitrogens with zero attached hydrogens (tertiary/aromatic N) is 4. The third kappa shape index (κ3) is 2.77. The predicted molar refractivity (Wildman–Crippen MR) is 73.5 cm³/mol. The zero-order valence-corrected chi connectivity index (χ0v) is 11.8. The van der Waals surface area contributed by atoms with Crippen molar-refractivity contribution < 1.29 is 0 Å². The van der Waals surface area contributed by atoms with Gasteiger partial charge in [-0.15, -0.1) is 0 Å². The Balaban J connectivity index is 2.24. The molecule has 0 aliphatic rings. The Morgan fingerprint density at radius 3 is 3.00 bits per heavy atom. The monoisotopic (exact) mass is 296 g/mol. The number of unbranched alkanes of at least 4 members (excludes halogenated alkanes) is 2. The van der Waals surface area contributed by atoms with E-state index in [1.807, 2.05) is 16.8 Å². The van der Waals surface area contributed by atoms with E-state index in [1.165, 1.54) is 19.3 Å². The zero-order valence-electron chi connectivity index (χ0n) is 10.2. The Kier molecular flexibility index (Phi) is 3.99. The number of anilines is 1. The maximum Gasteiger partial charge on any atom is 0.180 e. The zero-order chi connectivity index (χ0) is 12.3. The first-order valence-corrected chi connectivity index (χ1v) is 6.72. The second-order valence-corrected chi connectivity index (χ2v) is 4.99. The highest BCUT2D eigenvalue weighted by Crippen LogP contribution is 2.20. The highest BCUT2D eigenvalue weighted by atomic mass is 79.9. The second kappa shape index (κ2) is 5.49. The van der Waals surface area contributed by atoms with Crippen molar-refractivity contribution in [3.63, 3.8) is 0 Å². The molecule has 0 aromatic carbocycles. The number of hydrogen-bond donors (Lipinski definition) is 0. The van der Waals surface area contributed by atoms with Crippen molar-refractivity contribution >= 4 is 27.4 Å². The van der Waals surface area contributed by atoms with Gasteiger partial charge < -0.3 is 9.30 Å². The number of rotatable bonds is 5. The smallest absolute Gasteiger partial charge is 0.180 e. The van der Waals surface area contributed by atoms with Crippen LogP contribution in [0.1, 0.15) is 26.2 Å². The van der Waals surface area contributed by atoms with Gasteiger partial charge in [0.15, 0.2) is 11.5 Å². The van der Waals surface area contributed by atoms with Crippen LogP contribution in [0.2, 0.25) is 0 Å². The summed E-state index contributed by atoms with van der Waals surface area (Å²) >= 11 is 3.43. The summed E-state index contributed by atoms with van der Waals surface area (Å²) in [4.78, 5) is 11.0. The quantitative estimate of drug-likeness (QED) is 0.795. The third-order valence-electron chi connectivity index (χ3n) is 2.79. The average Bonchev–Trinajstić information content (AvgIpc) is 2.75. The first kappa shape index (κ1) is 12.4. The van der Waals surface area contributed by atoms with Crippen LogP contribution in [0.3, 0.4) is 0 Å². The van der Waals surface area contributed by atoms with Crippen LogP contribution < -0.4 is 4.90 Å². The van der Waals surface area contributed by atoms with Gasteiger partial charge in [0.2, 0.25) is 0 Å². The van der Waals surface area contributed by atoms with Crippen LogP contribution in [0.15, 0.2) is 23.2 Å². The molecule has 0 saturated heterocycles. The van der Waals surface area contributed by atoms with Crippen molar-refractivity contribution in [1.82, 2.24) is 14.4 Å². The van der Waals surface area contributed by atoms with Crippen LogP contribution >= 0.6 is 15.9 Å². The van der Waals surface area contributed by atoms with E-state index in [-0.39, 0.29) is 0 Å². The fraction of sp³-hybridized carbons (Fsp3) is 0.500. The molecule has 17 heavy (non-hydrogen) atoms. The summed E-state index contributed by atoms with van der Waals surface area (Å²) in [5.74, 6) is 0.931. The first-order chi connectivity index (χ1) is 8.22. The summed E-state index contributed by atoms with van der Waals surface area (Å²) in [6.45, 7) is 3.23. The molecule has 0 amide bonds. The van der Waals surface area contributed by atoms with Crippen molar-refractivity contribution in [3.8, 4) is 0 Å². The van der Waals surface area contributed by atoms with Crippen molar-refractivity contribution in [2.45, 2.75) is 26.2 Å². The molecule has 0 radical (unpaired) electrons. The predicted octanol–water partition coefficient (Wildman–Crippen LogP) is 3.12. The lowest BCUT2D eigenvalue weighted by Crippen LogP contribution is -2.20.